The Morgan fingerprint density at radius 3 is 2.50 bits per heavy atom. The topological polar surface area (TPSA) is 123 Å². The molecular weight excluding hydrogens is 380 g/mol. The van der Waals surface area contributed by atoms with Crippen molar-refractivity contribution in [2.75, 3.05) is 10.0 Å². The van der Waals surface area contributed by atoms with Gasteiger partial charge in [0.25, 0.3) is 10.0 Å². The fraction of sp³-hybridized carbons (Fsp3) is 0.111. The second kappa shape index (κ2) is 6.89. The van der Waals surface area contributed by atoms with E-state index in [9.17, 15) is 8.42 Å². The Morgan fingerprint density at radius 2 is 1.79 bits per heavy atom. The van der Waals surface area contributed by atoms with Crippen LogP contribution in [0.3, 0.4) is 0 Å². The Labute approximate surface area is 160 Å². The van der Waals surface area contributed by atoms with Crippen LogP contribution in [0.2, 0.25) is 0 Å². The van der Waals surface area contributed by atoms with Gasteiger partial charge in [0.2, 0.25) is 5.88 Å². The number of nitrogens with one attached hydrogen (secondary N) is 2. The molecule has 0 aliphatic rings. The monoisotopic (exact) mass is 396 g/mol. The summed E-state index contributed by atoms with van der Waals surface area (Å²) in [4.78, 5) is 12.6. The minimum Gasteiger partial charge on any atom is -0.340 e. The first-order chi connectivity index (χ1) is 13.4. The minimum atomic E-state index is -3.79. The standard InChI is InChI=1S/C18H16N6O3S/c1-11-12(2)23-27-18(11)24-28(25,26)14-7-5-13(6-8-14)22-17-15-4-3-9-19-16(15)20-10-21-17/h3-10,24H,1-2H3,(H,19,20,21,22). The number of anilines is 3. The lowest BCUT2D eigenvalue weighted by molar-refractivity contribution is 0.430. The minimum absolute atomic E-state index is 0.0979. The Bertz CT molecular complexity index is 1250. The molecule has 9 nitrogen and oxygen atoms in total. The molecular formula is C18H16N6O3S. The summed E-state index contributed by atoms with van der Waals surface area (Å²) in [6, 6.07) is 9.94. The van der Waals surface area contributed by atoms with Crippen LogP contribution in [0.5, 0.6) is 0 Å². The molecule has 3 heterocycles. The lowest BCUT2D eigenvalue weighted by Gasteiger charge is -2.09. The van der Waals surface area contributed by atoms with Crippen molar-refractivity contribution in [3.8, 4) is 0 Å². The maximum Gasteiger partial charge on any atom is 0.264 e. The molecule has 4 aromatic rings. The zero-order valence-electron chi connectivity index (χ0n) is 15.0. The molecule has 0 saturated heterocycles. The van der Waals surface area contributed by atoms with E-state index in [0.717, 1.165) is 5.39 Å². The van der Waals surface area contributed by atoms with Crippen molar-refractivity contribution in [3.05, 3.63) is 60.2 Å². The van der Waals surface area contributed by atoms with Crippen LogP contribution in [0.1, 0.15) is 11.3 Å². The summed E-state index contributed by atoms with van der Waals surface area (Å²) in [6.07, 6.45) is 3.08. The molecule has 142 valence electrons. The van der Waals surface area contributed by atoms with Crippen LogP contribution in [0.4, 0.5) is 17.4 Å². The zero-order valence-corrected chi connectivity index (χ0v) is 15.9. The molecule has 0 aliphatic carbocycles. The van der Waals surface area contributed by atoms with Crippen LogP contribution in [0.15, 0.2) is 58.3 Å². The van der Waals surface area contributed by atoms with Gasteiger partial charge in [0, 0.05) is 17.4 Å². The third kappa shape index (κ3) is 3.37. The molecule has 0 atom stereocenters. The molecule has 0 saturated carbocycles. The van der Waals surface area contributed by atoms with E-state index in [1.807, 2.05) is 6.07 Å². The lowest BCUT2D eigenvalue weighted by Crippen LogP contribution is -2.13. The smallest absolute Gasteiger partial charge is 0.264 e. The van der Waals surface area contributed by atoms with Crippen LogP contribution in [0, 0.1) is 13.8 Å². The van der Waals surface area contributed by atoms with Gasteiger partial charge in [0.05, 0.1) is 16.0 Å². The molecule has 0 fully saturated rings. The molecule has 10 heteroatoms. The van der Waals surface area contributed by atoms with E-state index >= 15 is 0 Å². The highest BCUT2D eigenvalue weighted by atomic mass is 32.2. The SMILES string of the molecule is Cc1noc(NS(=O)(=O)c2ccc(Nc3ncnc4ncccc34)cc2)c1C. The number of benzene rings is 1. The highest BCUT2D eigenvalue weighted by Gasteiger charge is 2.19. The summed E-state index contributed by atoms with van der Waals surface area (Å²) in [6.45, 7) is 3.47. The van der Waals surface area contributed by atoms with Crippen molar-refractivity contribution in [3.63, 3.8) is 0 Å². The van der Waals surface area contributed by atoms with Crippen molar-refractivity contribution >= 4 is 38.4 Å². The summed E-state index contributed by atoms with van der Waals surface area (Å²) in [5, 5.41) is 7.67. The fourth-order valence-corrected chi connectivity index (χ4v) is 3.59. The molecule has 3 aromatic heterocycles. The van der Waals surface area contributed by atoms with Gasteiger partial charge in [-0.2, -0.15) is 0 Å². The molecule has 0 radical (unpaired) electrons. The quantitative estimate of drug-likeness (QED) is 0.527. The van der Waals surface area contributed by atoms with Crippen LogP contribution < -0.4 is 10.0 Å². The van der Waals surface area contributed by atoms with Gasteiger partial charge in [0.15, 0.2) is 5.65 Å². The van der Waals surface area contributed by atoms with Crippen LogP contribution in [-0.2, 0) is 10.0 Å². The van der Waals surface area contributed by atoms with Gasteiger partial charge in [-0.15, -0.1) is 0 Å². The molecule has 2 N–H and O–H groups in total. The lowest BCUT2D eigenvalue weighted by atomic mass is 10.3. The van der Waals surface area contributed by atoms with E-state index in [0.29, 0.717) is 28.4 Å². The molecule has 0 spiro atoms. The number of aryl methyl sites for hydroxylation is 1. The number of rotatable bonds is 5. The Hall–Kier alpha value is -3.53. The molecule has 0 unspecified atom stereocenters. The highest BCUT2D eigenvalue weighted by Crippen LogP contribution is 2.25. The second-order valence-corrected chi connectivity index (χ2v) is 7.76. The first-order valence-corrected chi connectivity index (χ1v) is 9.81. The Kier molecular flexibility index (Phi) is 4.40. The number of aromatic nitrogens is 4. The van der Waals surface area contributed by atoms with Crippen LogP contribution in [0.25, 0.3) is 11.0 Å². The predicted octanol–water partition coefficient (Wildman–Crippen LogP) is 3.17. The third-order valence-corrected chi connectivity index (χ3v) is 5.57. The zero-order chi connectivity index (χ0) is 19.7. The Morgan fingerprint density at radius 1 is 1.00 bits per heavy atom. The highest BCUT2D eigenvalue weighted by molar-refractivity contribution is 7.92. The van der Waals surface area contributed by atoms with Gasteiger partial charge >= 0.3 is 0 Å². The number of pyridine rings is 1. The van der Waals surface area contributed by atoms with E-state index in [4.69, 9.17) is 4.52 Å². The maximum absolute atomic E-state index is 12.6. The molecule has 4 rings (SSSR count). The van der Waals surface area contributed by atoms with E-state index in [1.165, 1.54) is 18.5 Å². The molecule has 0 aliphatic heterocycles. The molecule has 0 amide bonds. The summed E-state index contributed by atoms with van der Waals surface area (Å²) in [7, 11) is -3.79. The summed E-state index contributed by atoms with van der Waals surface area (Å²) < 4.78 is 32.6. The summed E-state index contributed by atoms with van der Waals surface area (Å²) in [5.74, 6) is 0.694. The van der Waals surface area contributed by atoms with Crippen molar-refractivity contribution in [2.24, 2.45) is 0 Å². The van der Waals surface area contributed by atoms with Gasteiger partial charge in [-0.25, -0.2) is 28.1 Å². The average molecular weight is 396 g/mol. The summed E-state index contributed by atoms with van der Waals surface area (Å²) >= 11 is 0. The van der Waals surface area contributed by atoms with Gasteiger partial charge < -0.3 is 9.84 Å². The predicted molar refractivity (Wildman–Crippen MR) is 104 cm³/mol. The van der Waals surface area contributed by atoms with Gasteiger partial charge in [-0.05, 0) is 50.2 Å². The van der Waals surface area contributed by atoms with Crippen molar-refractivity contribution in [1.82, 2.24) is 20.1 Å². The van der Waals surface area contributed by atoms with E-state index < -0.39 is 10.0 Å². The summed E-state index contributed by atoms with van der Waals surface area (Å²) in [5.41, 5.74) is 2.52. The van der Waals surface area contributed by atoms with Gasteiger partial charge in [0.1, 0.15) is 12.1 Å². The third-order valence-electron chi connectivity index (χ3n) is 4.22. The number of hydrogen-bond donors (Lipinski definition) is 2. The number of fused-ring (bicyclic) bond motifs is 1. The van der Waals surface area contributed by atoms with E-state index in [-0.39, 0.29) is 10.8 Å². The van der Waals surface area contributed by atoms with E-state index in [1.54, 1.807) is 38.2 Å². The first-order valence-electron chi connectivity index (χ1n) is 8.32. The van der Waals surface area contributed by atoms with Gasteiger partial charge in [-0.3, -0.25) is 0 Å². The second-order valence-electron chi connectivity index (χ2n) is 6.07. The normalized spacial score (nSPS) is 11.5. The molecule has 28 heavy (non-hydrogen) atoms. The first kappa shape index (κ1) is 17.9. The average Bonchev–Trinajstić information content (AvgIpc) is 3.00. The number of nitrogens with zero attached hydrogens (tertiary/aromatic N) is 4. The maximum atomic E-state index is 12.6. The Balaban J connectivity index is 1.57. The van der Waals surface area contributed by atoms with E-state index in [2.05, 4.69) is 30.1 Å². The fourth-order valence-electron chi connectivity index (χ4n) is 2.54. The van der Waals surface area contributed by atoms with Crippen molar-refractivity contribution in [2.45, 2.75) is 18.7 Å². The van der Waals surface area contributed by atoms with Crippen molar-refractivity contribution < 1.29 is 12.9 Å². The van der Waals surface area contributed by atoms with Gasteiger partial charge in [-0.1, -0.05) is 5.16 Å². The largest absolute Gasteiger partial charge is 0.340 e. The number of hydrogen-bond acceptors (Lipinski definition) is 8. The molecule has 1 aromatic carbocycles. The van der Waals surface area contributed by atoms with Crippen molar-refractivity contribution in [1.29, 1.82) is 0 Å². The number of sulfonamides is 1. The van der Waals surface area contributed by atoms with Crippen LogP contribution in [-0.4, -0.2) is 28.5 Å². The van der Waals surface area contributed by atoms with Crippen LogP contribution >= 0.6 is 0 Å². The molecule has 0 bridgehead atoms.